The van der Waals surface area contributed by atoms with Crippen LogP contribution in [-0.2, 0) is 0 Å². The Morgan fingerprint density at radius 3 is 2.67 bits per heavy atom. The van der Waals surface area contributed by atoms with Gasteiger partial charge in [0.15, 0.2) is 0 Å². The summed E-state index contributed by atoms with van der Waals surface area (Å²) in [6.45, 7) is 4.08. The topological polar surface area (TPSA) is 39.1 Å². The SMILES string of the molecule is Cc1cc(N(C)C2CNC2)ccc1C#N. The molecule has 1 aliphatic heterocycles. The third kappa shape index (κ3) is 1.81. The average Bonchev–Trinajstić information content (AvgIpc) is 2.15. The Hall–Kier alpha value is -1.53. The van der Waals surface area contributed by atoms with Crippen molar-refractivity contribution in [2.45, 2.75) is 13.0 Å². The highest BCUT2D eigenvalue weighted by molar-refractivity contribution is 5.54. The van der Waals surface area contributed by atoms with E-state index in [1.54, 1.807) is 0 Å². The molecule has 0 saturated carbocycles. The zero-order valence-corrected chi connectivity index (χ0v) is 9.12. The van der Waals surface area contributed by atoms with E-state index in [1.807, 2.05) is 19.1 Å². The van der Waals surface area contributed by atoms with E-state index in [9.17, 15) is 0 Å². The van der Waals surface area contributed by atoms with Crippen LogP contribution in [0.1, 0.15) is 11.1 Å². The van der Waals surface area contributed by atoms with Crippen LogP contribution < -0.4 is 10.2 Å². The largest absolute Gasteiger partial charge is 0.369 e. The van der Waals surface area contributed by atoms with Gasteiger partial charge in [-0.2, -0.15) is 5.26 Å². The maximum absolute atomic E-state index is 8.84. The summed E-state index contributed by atoms with van der Waals surface area (Å²) in [6, 6.07) is 8.78. The second-order valence-corrected chi connectivity index (χ2v) is 4.03. The summed E-state index contributed by atoms with van der Waals surface area (Å²) < 4.78 is 0. The lowest BCUT2D eigenvalue weighted by molar-refractivity contribution is 0.428. The number of benzene rings is 1. The molecule has 1 aromatic carbocycles. The van der Waals surface area contributed by atoms with Crippen molar-refractivity contribution in [1.82, 2.24) is 5.32 Å². The van der Waals surface area contributed by atoms with E-state index in [4.69, 9.17) is 5.26 Å². The summed E-state index contributed by atoms with van der Waals surface area (Å²) >= 11 is 0. The molecule has 1 saturated heterocycles. The molecule has 2 rings (SSSR count). The minimum absolute atomic E-state index is 0.595. The first-order chi connectivity index (χ1) is 7.22. The van der Waals surface area contributed by atoms with E-state index >= 15 is 0 Å². The Morgan fingerprint density at radius 2 is 2.20 bits per heavy atom. The molecule has 1 N–H and O–H groups in total. The summed E-state index contributed by atoms with van der Waals surface area (Å²) in [4.78, 5) is 2.27. The van der Waals surface area contributed by atoms with Gasteiger partial charge in [0.1, 0.15) is 0 Å². The van der Waals surface area contributed by atoms with Crippen molar-refractivity contribution in [2.75, 3.05) is 25.0 Å². The minimum Gasteiger partial charge on any atom is -0.369 e. The maximum Gasteiger partial charge on any atom is 0.0994 e. The Bertz CT molecular complexity index is 402. The quantitative estimate of drug-likeness (QED) is 0.783. The van der Waals surface area contributed by atoms with Crippen molar-refractivity contribution < 1.29 is 0 Å². The lowest BCUT2D eigenvalue weighted by Gasteiger charge is -2.37. The Morgan fingerprint density at radius 1 is 1.47 bits per heavy atom. The van der Waals surface area contributed by atoms with Crippen LogP contribution in [0.5, 0.6) is 0 Å². The van der Waals surface area contributed by atoms with Gasteiger partial charge in [0.2, 0.25) is 0 Å². The second kappa shape index (κ2) is 3.92. The Balaban J connectivity index is 2.22. The third-order valence-electron chi connectivity index (χ3n) is 3.05. The van der Waals surface area contributed by atoms with Crippen molar-refractivity contribution in [1.29, 1.82) is 5.26 Å². The van der Waals surface area contributed by atoms with Crippen LogP contribution in [-0.4, -0.2) is 26.2 Å². The fourth-order valence-corrected chi connectivity index (χ4v) is 1.75. The zero-order valence-electron chi connectivity index (χ0n) is 9.12. The number of likely N-dealkylation sites (N-methyl/N-ethyl adjacent to an activating group) is 1. The highest BCUT2D eigenvalue weighted by atomic mass is 15.2. The molecule has 0 aliphatic carbocycles. The van der Waals surface area contributed by atoms with E-state index in [1.165, 1.54) is 5.69 Å². The lowest BCUT2D eigenvalue weighted by atomic mass is 10.1. The first kappa shape index (κ1) is 10.0. The number of aryl methyl sites for hydroxylation is 1. The number of nitriles is 1. The molecule has 0 spiro atoms. The lowest BCUT2D eigenvalue weighted by Crippen LogP contribution is -2.56. The van der Waals surface area contributed by atoms with Crippen LogP contribution in [0.15, 0.2) is 18.2 Å². The van der Waals surface area contributed by atoms with Crippen molar-refractivity contribution in [3.8, 4) is 6.07 Å². The highest BCUT2D eigenvalue weighted by Crippen LogP contribution is 2.20. The summed E-state index contributed by atoms with van der Waals surface area (Å²) in [6.07, 6.45) is 0. The maximum atomic E-state index is 8.84. The molecule has 3 nitrogen and oxygen atoms in total. The van der Waals surface area contributed by atoms with Crippen molar-refractivity contribution in [3.63, 3.8) is 0 Å². The number of anilines is 1. The van der Waals surface area contributed by atoms with Gasteiger partial charge in [-0.15, -0.1) is 0 Å². The van der Waals surface area contributed by atoms with Crippen molar-refractivity contribution >= 4 is 5.69 Å². The van der Waals surface area contributed by atoms with E-state index in [0.717, 1.165) is 24.2 Å². The number of nitrogens with one attached hydrogen (secondary N) is 1. The normalized spacial score (nSPS) is 15.5. The smallest absolute Gasteiger partial charge is 0.0994 e. The molecule has 1 fully saturated rings. The monoisotopic (exact) mass is 201 g/mol. The van der Waals surface area contributed by atoms with Gasteiger partial charge in [-0.1, -0.05) is 0 Å². The second-order valence-electron chi connectivity index (χ2n) is 4.03. The fourth-order valence-electron chi connectivity index (χ4n) is 1.75. The van der Waals surface area contributed by atoms with Crippen LogP contribution in [0.25, 0.3) is 0 Å². The van der Waals surface area contributed by atoms with E-state index in [2.05, 4.69) is 29.4 Å². The Labute approximate surface area is 90.3 Å². The number of hydrogen-bond acceptors (Lipinski definition) is 3. The molecule has 0 atom stereocenters. The van der Waals surface area contributed by atoms with Gasteiger partial charge < -0.3 is 10.2 Å². The van der Waals surface area contributed by atoms with Crippen LogP contribution in [0, 0.1) is 18.3 Å². The molecule has 1 aromatic rings. The summed E-state index contributed by atoms with van der Waals surface area (Å²) in [5.74, 6) is 0. The summed E-state index contributed by atoms with van der Waals surface area (Å²) in [5, 5.41) is 12.1. The first-order valence-electron chi connectivity index (χ1n) is 5.16. The summed E-state index contributed by atoms with van der Waals surface area (Å²) in [5.41, 5.74) is 3.01. The van der Waals surface area contributed by atoms with E-state index < -0.39 is 0 Å². The molecule has 0 radical (unpaired) electrons. The van der Waals surface area contributed by atoms with Gasteiger partial charge in [-0.25, -0.2) is 0 Å². The van der Waals surface area contributed by atoms with Crippen LogP contribution in [0.4, 0.5) is 5.69 Å². The molecule has 1 heterocycles. The van der Waals surface area contributed by atoms with Crippen molar-refractivity contribution in [3.05, 3.63) is 29.3 Å². The van der Waals surface area contributed by atoms with Crippen LogP contribution in [0.3, 0.4) is 0 Å². The molecule has 0 bridgehead atoms. The molecule has 1 aliphatic rings. The zero-order chi connectivity index (χ0) is 10.8. The average molecular weight is 201 g/mol. The predicted octanol–water partition coefficient (Wildman–Crippen LogP) is 1.27. The standard InChI is InChI=1S/C12H15N3/c1-9-5-11(4-3-10(9)6-13)15(2)12-7-14-8-12/h3-5,12,14H,7-8H2,1-2H3. The highest BCUT2D eigenvalue weighted by Gasteiger charge is 2.21. The van der Waals surface area contributed by atoms with Gasteiger partial charge in [0.05, 0.1) is 17.7 Å². The molecule has 0 unspecified atom stereocenters. The van der Waals surface area contributed by atoms with Gasteiger partial charge >= 0.3 is 0 Å². The molecule has 0 amide bonds. The fraction of sp³-hybridized carbons (Fsp3) is 0.417. The van der Waals surface area contributed by atoms with Gasteiger partial charge in [-0.3, -0.25) is 0 Å². The molecule has 0 aromatic heterocycles. The molecule has 3 heteroatoms. The molecular weight excluding hydrogens is 186 g/mol. The molecule has 78 valence electrons. The van der Waals surface area contributed by atoms with Crippen LogP contribution in [0.2, 0.25) is 0 Å². The third-order valence-corrected chi connectivity index (χ3v) is 3.05. The summed E-state index contributed by atoms with van der Waals surface area (Å²) in [7, 11) is 2.10. The molecular formula is C12H15N3. The van der Waals surface area contributed by atoms with E-state index in [-0.39, 0.29) is 0 Å². The minimum atomic E-state index is 0.595. The van der Waals surface area contributed by atoms with Gasteiger partial charge in [0.25, 0.3) is 0 Å². The number of rotatable bonds is 2. The van der Waals surface area contributed by atoms with Gasteiger partial charge in [0, 0.05) is 25.8 Å². The predicted molar refractivity (Wildman–Crippen MR) is 61.0 cm³/mol. The van der Waals surface area contributed by atoms with Crippen molar-refractivity contribution in [2.24, 2.45) is 0 Å². The first-order valence-corrected chi connectivity index (χ1v) is 5.16. The van der Waals surface area contributed by atoms with Gasteiger partial charge in [-0.05, 0) is 30.7 Å². The Kier molecular flexibility index (Phi) is 2.61. The number of nitrogens with zero attached hydrogens (tertiary/aromatic N) is 2. The van der Waals surface area contributed by atoms with E-state index in [0.29, 0.717) is 6.04 Å². The molecule has 15 heavy (non-hydrogen) atoms. The number of hydrogen-bond donors (Lipinski definition) is 1. The van der Waals surface area contributed by atoms with Crippen LogP contribution >= 0.6 is 0 Å².